The second-order valence-corrected chi connectivity index (χ2v) is 9.11. The first-order chi connectivity index (χ1) is 14.8. The van der Waals surface area contributed by atoms with Crippen molar-refractivity contribution in [3.05, 3.63) is 89.3 Å². The van der Waals surface area contributed by atoms with Crippen LogP contribution >= 0.6 is 11.3 Å². The summed E-state index contributed by atoms with van der Waals surface area (Å²) in [6.07, 6.45) is 6.26. The maximum atomic E-state index is 12.9. The van der Waals surface area contributed by atoms with Crippen LogP contribution in [0.2, 0.25) is 0 Å². The van der Waals surface area contributed by atoms with Gasteiger partial charge in [0.25, 0.3) is 0 Å². The Morgan fingerprint density at radius 1 is 0.933 bits per heavy atom. The fraction of sp³-hybridized carbons (Fsp3) is 0.269. The van der Waals surface area contributed by atoms with Gasteiger partial charge in [-0.2, -0.15) is 0 Å². The van der Waals surface area contributed by atoms with Gasteiger partial charge in [0.2, 0.25) is 0 Å². The third-order valence-electron chi connectivity index (χ3n) is 6.03. The van der Waals surface area contributed by atoms with Crippen LogP contribution in [0.3, 0.4) is 0 Å². The third-order valence-corrected chi connectivity index (χ3v) is 7.24. The minimum absolute atomic E-state index is 0.137. The number of hydrogen-bond acceptors (Lipinski definition) is 3. The van der Waals surface area contributed by atoms with Crippen LogP contribution in [-0.2, 0) is 11.3 Å². The van der Waals surface area contributed by atoms with Crippen molar-refractivity contribution in [2.75, 3.05) is 0 Å². The molecule has 152 valence electrons. The molecule has 0 N–H and O–H groups in total. The summed E-state index contributed by atoms with van der Waals surface area (Å²) in [5.41, 5.74) is 3.66. The Balaban J connectivity index is 1.32. The van der Waals surface area contributed by atoms with Crippen molar-refractivity contribution in [2.45, 2.75) is 44.4 Å². The van der Waals surface area contributed by atoms with Crippen molar-refractivity contribution in [3.63, 3.8) is 0 Å². The molecular formula is C26H25NO2S. The number of piperidine rings is 1. The number of hydrogen-bond donors (Lipinski definition) is 0. The van der Waals surface area contributed by atoms with Crippen LogP contribution in [0.5, 0.6) is 0 Å². The monoisotopic (exact) mass is 415 g/mol. The predicted molar refractivity (Wildman–Crippen MR) is 122 cm³/mol. The lowest BCUT2D eigenvalue weighted by molar-refractivity contribution is 0.0510. The number of carbonyl (C=O) groups is 1. The van der Waals surface area contributed by atoms with Crippen LogP contribution in [-0.4, -0.2) is 23.1 Å². The Morgan fingerprint density at radius 3 is 2.43 bits per heavy atom. The minimum atomic E-state index is -0.181. The highest BCUT2D eigenvalue weighted by atomic mass is 32.1. The Bertz CT molecular complexity index is 1040. The molecule has 2 unspecified atom stereocenters. The Kier molecular flexibility index (Phi) is 5.41. The lowest BCUT2D eigenvalue weighted by Crippen LogP contribution is -2.51. The van der Waals surface area contributed by atoms with Crippen LogP contribution in [0.1, 0.15) is 36.1 Å². The zero-order valence-electron chi connectivity index (χ0n) is 16.9. The third kappa shape index (κ3) is 3.92. The van der Waals surface area contributed by atoms with Crippen molar-refractivity contribution >= 4 is 23.0 Å². The average Bonchev–Trinajstić information content (AvgIpc) is 3.28. The van der Waals surface area contributed by atoms with Crippen LogP contribution in [0, 0.1) is 0 Å². The van der Waals surface area contributed by atoms with E-state index in [1.165, 1.54) is 27.3 Å². The zero-order valence-corrected chi connectivity index (χ0v) is 17.7. The molecule has 5 rings (SSSR count). The van der Waals surface area contributed by atoms with E-state index in [9.17, 15) is 4.79 Å². The summed E-state index contributed by atoms with van der Waals surface area (Å²) in [5.74, 6) is 0. The van der Waals surface area contributed by atoms with Gasteiger partial charge in [-0.25, -0.2) is 4.79 Å². The normalized spacial score (nSPS) is 20.5. The highest BCUT2D eigenvalue weighted by Gasteiger charge is 2.38. The molecule has 3 nitrogen and oxygen atoms in total. The summed E-state index contributed by atoms with van der Waals surface area (Å²) < 4.78 is 5.67. The van der Waals surface area contributed by atoms with E-state index in [-0.39, 0.29) is 18.2 Å². The number of nitrogens with zero attached hydrogens (tertiary/aromatic N) is 1. The minimum Gasteiger partial charge on any atom is -0.445 e. The molecule has 3 aromatic rings. The Labute approximate surface area is 181 Å². The van der Waals surface area contributed by atoms with E-state index in [4.69, 9.17) is 4.74 Å². The van der Waals surface area contributed by atoms with E-state index in [0.29, 0.717) is 6.61 Å². The summed E-state index contributed by atoms with van der Waals surface area (Å²) in [6, 6.07) is 25.2. The van der Waals surface area contributed by atoms with Crippen LogP contribution in [0.4, 0.5) is 4.79 Å². The number of ether oxygens (including phenoxy) is 1. The molecule has 2 aliphatic heterocycles. The van der Waals surface area contributed by atoms with Gasteiger partial charge in [-0.05, 0) is 54.5 Å². The second-order valence-electron chi connectivity index (χ2n) is 8.03. The lowest BCUT2D eigenvalue weighted by Gasteiger charge is -2.44. The molecule has 1 saturated heterocycles. The van der Waals surface area contributed by atoms with Gasteiger partial charge >= 0.3 is 6.09 Å². The molecule has 0 aliphatic carbocycles. The smallest absolute Gasteiger partial charge is 0.410 e. The molecule has 2 atom stereocenters. The summed E-state index contributed by atoms with van der Waals surface area (Å²) in [6.45, 7) is 0.331. The first-order valence-electron chi connectivity index (χ1n) is 10.6. The van der Waals surface area contributed by atoms with Crippen LogP contribution < -0.4 is 0 Å². The highest BCUT2D eigenvalue weighted by Crippen LogP contribution is 2.41. The van der Waals surface area contributed by atoms with E-state index in [1.54, 1.807) is 0 Å². The number of fused-ring (bicyclic) bond motifs is 2. The standard InChI is InChI=1S/C26H25NO2S/c28-26(29-18-19-8-3-1-4-9-19)27-22-12-7-13-23(27)17-21(16-22)25-15-14-24(30-25)20-10-5-2-6-11-20/h1-6,8-11,14-16,22-23H,7,12-13,17-18H2. The van der Waals surface area contributed by atoms with Gasteiger partial charge in [-0.3, -0.25) is 4.90 Å². The maximum absolute atomic E-state index is 12.9. The van der Waals surface area contributed by atoms with Crippen molar-refractivity contribution in [1.82, 2.24) is 4.90 Å². The van der Waals surface area contributed by atoms with E-state index in [1.807, 2.05) is 52.6 Å². The molecule has 1 aromatic heterocycles. The second kappa shape index (κ2) is 8.49. The highest BCUT2D eigenvalue weighted by molar-refractivity contribution is 7.16. The summed E-state index contributed by atoms with van der Waals surface area (Å²) in [4.78, 5) is 17.5. The molecule has 2 bridgehead atoms. The van der Waals surface area contributed by atoms with E-state index >= 15 is 0 Å². The number of thiophene rings is 1. The summed E-state index contributed by atoms with van der Waals surface area (Å²) in [5, 5.41) is 0. The molecular weight excluding hydrogens is 390 g/mol. The van der Waals surface area contributed by atoms with Crippen molar-refractivity contribution in [1.29, 1.82) is 0 Å². The Morgan fingerprint density at radius 2 is 1.67 bits per heavy atom. The van der Waals surface area contributed by atoms with Gasteiger partial charge in [-0.1, -0.05) is 66.7 Å². The maximum Gasteiger partial charge on any atom is 0.410 e. The molecule has 0 spiro atoms. The molecule has 0 saturated carbocycles. The van der Waals surface area contributed by atoms with Crippen molar-refractivity contribution in [2.24, 2.45) is 0 Å². The number of rotatable bonds is 4. The number of benzene rings is 2. The molecule has 1 amide bonds. The number of amides is 1. The van der Waals surface area contributed by atoms with Gasteiger partial charge in [0.1, 0.15) is 6.61 Å². The van der Waals surface area contributed by atoms with Gasteiger partial charge in [0, 0.05) is 15.8 Å². The Hall–Kier alpha value is -2.85. The van der Waals surface area contributed by atoms with Gasteiger partial charge in [0.15, 0.2) is 0 Å². The van der Waals surface area contributed by atoms with E-state index < -0.39 is 0 Å². The van der Waals surface area contributed by atoms with Crippen molar-refractivity contribution < 1.29 is 9.53 Å². The van der Waals surface area contributed by atoms with Crippen LogP contribution in [0.25, 0.3) is 16.0 Å². The van der Waals surface area contributed by atoms with Gasteiger partial charge < -0.3 is 4.74 Å². The zero-order chi connectivity index (χ0) is 20.3. The summed E-state index contributed by atoms with van der Waals surface area (Å²) in [7, 11) is 0. The fourth-order valence-electron chi connectivity index (χ4n) is 4.56. The largest absolute Gasteiger partial charge is 0.445 e. The van der Waals surface area contributed by atoms with Gasteiger partial charge in [-0.15, -0.1) is 11.3 Å². The fourth-order valence-corrected chi connectivity index (χ4v) is 5.60. The molecule has 4 heteroatoms. The van der Waals surface area contributed by atoms with E-state index in [2.05, 4.69) is 42.5 Å². The molecule has 0 radical (unpaired) electrons. The first kappa shape index (κ1) is 19.1. The average molecular weight is 416 g/mol. The molecule has 3 heterocycles. The van der Waals surface area contributed by atoms with Gasteiger partial charge in [0.05, 0.1) is 6.04 Å². The predicted octanol–water partition coefficient (Wildman–Crippen LogP) is 6.76. The topological polar surface area (TPSA) is 29.5 Å². The number of carbonyl (C=O) groups excluding carboxylic acids is 1. The molecule has 30 heavy (non-hydrogen) atoms. The summed E-state index contributed by atoms with van der Waals surface area (Å²) >= 11 is 1.85. The first-order valence-corrected chi connectivity index (χ1v) is 11.4. The lowest BCUT2D eigenvalue weighted by atomic mass is 9.85. The SMILES string of the molecule is O=C(OCc1ccccc1)N1C2C=C(c3ccc(-c4ccccc4)s3)CC1CCC2. The van der Waals surface area contributed by atoms with Crippen molar-refractivity contribution in [3.8, 4) is 10.4 Å². The van der Waals surface area contributed by atoms with E-state index in [0.717, 1.165) is 24.8 Å². The van der Waals surface area contributed by atoms with Crippen LogP contribution in [0.15, 0.2) is 78.9 Å². The quantitative estimate of drug-likeness (QED) is 0.471. The molecule has 1 fully saturated rings. The molecule has 2 aromatic carbocycles. The molecule has 2 aliphatic rings.